The molecule has 0 unspecified atom stereocenters. The molecular weight excluding hydrogens is 368 g/mol. The Morgan fingerprint density at radius 2 is 1.89 bits per heavy atom. The third-order valence-corrected chi connectivity index (χ3v) is 3.33. The van der Waals surface area contributed by atoms with Crippen LogP contribution >= 0.6 is 0 Å². The summed E-state index contributed by atoms with van der Waals surface area (Å²) < 4.78 is 5.00. The third-order valence-electron chi connectivity index (χ3n) is 3.33. The highest BCUT2D eigenvalue weighted by Gasteiger charge is 2.17. The maximum absolute atomic E-state index is 11.6. The van der Waals surface area contributed by atoms with E-state index in [4.69, 9.17) is 21.3 Å². The number of esters is 1. The van der Waals surface area contributed by atoms with Crippen molar-refractivity contribution in [3.05, 3.63) is 36.4 Å². The van der Waals surface area contributed by atoms with Crippen molar-refractivity contribution in [3.63, 3.8) is 0 Å². The molecule has 0 aliphatic carbocycles. The van der Waals surface area contributed by atoms with Crippen LogP contribution in [0.5, 0.6) is 5.75 Å². The lowest BCUT2D eigenvalue weighted by Crippen LogP contribution is -2.28. The molecule has 2 rings (SSSR count). The summed E-state index contributed by atoms with van der Waals surface area (Å²) in [7, 11) is 0. The highest BCUT2D eigenvalue weighted by Crippen LogP contribution is 2.30. The van der Waals surface area contributed by atoms with Crippen LogP contribution in [0.1, 0.15) is 6.42 Å². The summed E-state index contributed by atoms with van der Waals surface area (Å²) in [4.78, 5) is 27.2. The van der Waals surface area contributed by atoms with E-state index in [0.29, 0.717) is 0 Å². The van der Waals surface area contributed by atoms with Gasteiger partial charge in [-0.25, -0.2) is 9.78 Å². The molecule has 11 heteroatoms. The standard InChI is InChI=1S/C17H20N6O5/c18-8-7-15(26)20-14-6-5-11(16(19)21-14)23-22-10-3-1-2-4-13(10)28-17(27)12(25)9-24/h1-6,12,24-25H,7-9,18H2,(H3,19,20,21,26)/b23-22+/t12-/m0/s1. The number of carbonyl (C=O) groups excluding carboxylic acids is 2. The summed E-state index contributed by atoms with van der Waals surface area (Å²) >= 11 is 0. The minimum Gasteiger partial charge on any atom is -0.422 e. The Morgan fingerprint density at radius 3 is 2.57 bits per heavy atom. The van der Waals surface area contributed by atoms with Crippen LogP contribution in [-0.2, 0) is 9.59 Å². The van der Waals surface area contributed by atoms with Gasteiger partial charge in [-0.3, -0.25) is 4.79 Å². The van der Waals surface area contributed by atoms with Crippen LogP contribution in [0.25, 0.3) is 0 Å². The molecule has 1 amide bonds. The first-order valence-electron chi connectivity index (χ1n) is 8.22. The van der Waals surface area contributed by atoms with E-state index in [9.17, 15) is 14.7 Å². The third kappa shape index (κ3) is 5.81. The number of pyridine rings is 1. The van der Waals surface area contributed by atoms with E-state index in [2.05, 4.69) is 20.5 Å². The number of nitrogen functional groups attached to an aromatic ring is 1. The van der Waals surface area contributed by atoms with Crippen molar-refractivity contribution in [1.82, 2.24) is 4.98 Å². The molecule has 0 saturated heterocycles. The zero-order chi connectivity index (χ0) is 20.5. The van der Waals surface area contributed by atoms with Crippen LogP contribution in [-0.4, -0.2) is 46.3 Å². The van der Waals surface area contributed by atoms with Gasteiger partial charge in [0.25, 0.3) is 0 Å². The molecule has 0 fully saturated rings. The lowest BCUT2D eigenvalue weighted by Gasteiger charge is -2.09. The molecule has 148 valence electrons. The van der Waals surface area contributed by atoms with Crippen LogP contribution in [0.15, 0.2) is 46.6 Å². The second-order valence-electron chi connectivity index (χ2n) is 5.47. The fourth-order valence-electron chi connectivity index (χ4n) is 1.94. The Kier molecular flexibility index (Phi) is 7.51. The van der Waals surface area contributed by atoms with Gasteiger partial charge in [-0.2, -0.15) is 0 Å². The van der Waals surface area contributed by atoms with E-state index < -0.39 is 18.7 Å². The number of benzene rings is 1. The molecule has 0 aliphatic rings. The summed E-state index contributed by atoms with van der Waals surface area (Å²) in [5.74, 6) is -0.990. The molecule has 0 radical (unpaired) electrons. The molecule has 7 N–H and O–H groups in total. The summed E-state index contributed by atoms with van der Waals surface area (Å²) in [6, 6.07) is 9.24. The summed E-state index contributed by atoms with van der Waals surface area (Å²) in [5.41, 5.74) is 11.6. The van der Waals surface area contributed by atoms with Crippen molar-refractivity contribution < 1.29 is 24.5 Å². The zero-order valence-corrected chi connectivity index (χ0v) is 14.8. The number of aromatic nitrogens is 1. The average molecular weight is 388 g/mol. The lowest BCUT2D eigenvalue weighted by atomic mass is 10.3. The number of hydrogen-bond acceptors (Lipinski definition) is 10. The van der Waals surface area contributed by atoms with Gasteiger partial charge >= 0.3 is 5.97 Å². The second kappa shape index (κ2) is 10.1. The molecular formula is C17H20N6O5. The monoisotopic (exact) mass is 388 g/mol. The number of anilines is 2. The number of ether oxygens (including phenoxy) is 1. The molecule has 0 bridgehead atoms. The van der Waals surface area contributed by atoms with Gasteiger partial charge in [0.1, 0.15) is 17.2 Å². The molecule has 0 aliphatic heterocycles. The van der Waals surface area contributed by atoms with Crippen molar-refractivity contribution >= 4 is 34.9 Å². The van der Waals surface area contributed by atoms with Crippen LogP contribution in [0.4, 0.5) is 23.0 Å². The first kappa shape index (κ1) is 20.9. The molecule has 11 nitrogen and oxygen atoms in total. The Hall–Kier alpha value is -3.41. The van der Waals surface area contributed by atoms with Gasteiger partial charge in [0.15, 0.2) is 17.7 Å². The zero-order valence-electron chi connectivity index (χ0n) is 14.8. The molecule has 1 aromatic heterocycles. The van der Waals surface area contributed by atoms with E-state index in [1.165, 1.54) is 24.3 Å². The topological polar surface area (TPSA) is 186 Å². The van der Waals surface area contributed by atoms with Gasteiger partial charge < -0.3 is 31.7 Å². The number of para-hydroxylation sites is 1. The quantitative estimate of drug-likeness (QED) is 0.247. The van der Waals surface area contributed by atoms with Gasteiger partial charge in [-0.15, -0.1) is 10.2 Å². The van der Waals surface area contributed by atoms with Crippen LogP contribution in [0.3, 0.4) is 0 Å². The predicted octanol–water partition coefficient (Wildman–Crippen LogP) is 0.625. The molecule has 0 spiro atoms. The second-order valence-corrected chi connectivity index (χ2v) is 5.47. The predicted molar refractivity (Wildman–Crippen MR) is 100 cm³/mol. The average Bonchev–Trinajstić information content (AvgIpc) is 2.67. The first-order chi connectivity index (χ1) is 13.4. The van der Waals surface area contributed by atoms with Crippen molar-refractivity contribution in [2.24, 2.45) is 16.0 Å². The van der Waals surface area contributed by atoms with Crippen LogP contribution < -0.4 is 21.5 Å². The number of carbonyl (C=O) groups is 2. The minimum atomic E-state index is -1.66. The fourth-order valence-corrected chi connectivity index (χ4v) is 1.94. The highest BCUT2D eigenvalue weighted by atomic mass is 16.6. The lowest BCUT2D eigenvalue weighted by molar-refractivity contribution is -0.145. The van der Waals surface area contributed by atoms with Crippen molar-refractivity contribution in [2.75, 3.05) is 24.2 Å². The fraction of sp³-hybridized carbons (Fsp3) is 0.235. The Balaban J connectivity index is 2.15. The molecule has 1 heterocycles. The number of hydrogen-bond donors (Lipinski definition) is 5. The number of nitrogens with zero attached hydrogens (tertiary/aromatic N) is 3. The number of nitrogens with one attached hydrogen (secondary N) is 1. The summed E-state index contributed by atoms with van der Waals surface area (Å²) in [5, 5.41) is 28.6. The van der Waals surface area contributed by atoms with E-state index in [1.54, 1.807) is 12.1 Å². The Morgan fingerprint density at radius 1 is 1.18 bits per heavy atom. The molecule has 1 atom stereocenters. The number of aliphatic hydroxyl groups excluding tert-OH is 2. The van der Waals surface area contributed by atoms with Gasteiger partial charge in [0.05, 0.1) is 6.61 Å². The van der Waals surface area contributed by atoms with E-state index in [-0.39, 0.29) is 47.6 Å². The highest BCUT2D eigenvalue weighted by molar-refractivity contribution is 5.90. The maximum Gasteiger partial charge on any atom is 0.342 e. The number of rotatable bonds is 8. The Labute approximate surface area is 160 Å². The first-order valence-corrected chi connectivity index (χ1v) is 8.22. The smallest absolute Gasteiger partial charge is 0.342 e. The van der Waals surface area contributed by atoms with Crippen molar-refractivity contribution in [1.29, 1.82) is 0 Å². The van der Waals surface area contributed by atoms with Gasteiger partial charge in [0.2, 0.25) is 5.91 Å². The number of amides is 1. The van der Waals surface area contributed by atoms with Gasteiger partial charge in [-0.05, 0) is 24.3 Å². The molecule has 28 heavy (non-hydrogen) atoms. The number of aliphatic hydroxyl groups is 2. The van der Waals surface area contributed by atoms with Crippen molar-refractivity contribution in [3.8, 4) is 5.75 Å². The number of nitrogens with two attached hydrogens (primary N) is 2. The Bertz CT molecular complexity index is 873. The normalized spacial score (nSPS) is 12.0. The molecule has 0 saturated carbocycles. The van der Waals surface area contributed by atoms with E-state index in [0.717, 1.165) is 0 Å². The van der Waals surface area contributed by atoms with Crippen molar-refractivity contribution in [2.45, 2.75) is 12.5 Å². The van der Waals surface area contributed by atoms with Gasteiger partial charge in [0, 0.05) is 13.0 Å². The summed E-state index contributed by atoms with van der Waals surface area (Å²) in [6.07, 6.45) is -1.50. The largest absolute Gasteiger partial charge is 0.422 e. The SMILES string of the molecule is NCCC(=O)Nc1ccc(/N=N/c2ccccc2OC(=O)[C@@H](O)CO)c(N)n1. The van der Waals surface area contributed by atoms with E-state index in [1.807, 2.05) is 0 Å². The molecule has 1 aromatic carbocycles. The summed E-state index contributed by atoms with van der Waals surface area (Å²) in [6.45, 7) is -0.550. The minimum absolute atomic E-state index is 0.0273. The van der Waals surface area contributed by atoms with Crippen LogP contribution in [0.2, 0.25) is 0 Å². The maximum atomic E-state index is 11.6. The van der Waals surface area contributed by atoms with Crippen LogP contribution in [0, 0.1) is 0 Å². The molecule has 2 aromatic rings. The van der Waals surface area contributed by atoms with Gasteiger partial charge in [-0.1, -0.05) is 12.1 Å². The van der Waals surface area contributed by atoms with E-state index >= 15 is 0 Å². The number of azo groups is 1.